The van der Waals surface area contributed by atoms with Crippen LogP contribution in [0.15, 0.2) is 58.7 Å². The molecule has 4 nitrogen and oxygen atoms in total. The summed E-state index contributed by atoms with van der Waals surface area (Å²) < 4.78 is 1.51. The van der Waals surface area contributed by atoms with Gasteiger partial charge in [0, 0.05) is 22.2 Å². The molecule has 0 saturated carbocycles. The highest BCUT2D eigenvalue weighted by atomic mass is 32.1. The van der Waals surface area contributed by atoms with Gasteiger partial charge in [-0.2, -0.15) is 0 Å². The number of fused-ring (bicyclic) bond motifs is 1. The molecule has 0 spiro atoms. The number of aromatic amines is 1. The molecule has 0 atom stereocenters. The summed E-state index contributed by atoms with van der Waals surface area (Å²) in [5.74, 6) is 0. The van der Waals surface area contributed by atoms with E-state index >= 15 is 0 Å². The molecule has 0 aliphatic carbocycles. The van der Waals surface area contributed by atoms with Crippen LogP contribution in [0.4, 0.5) is 0 Å². The Hall–Kier alpha value is -2.66. The van der Waals surface area contributed by atoms with Crippen LogP contribution >= 0.6 is 11.3 Å². The van der Waals surface area contributed by atoms with E-state index in [1.54, 1.807) is 17.4 Å². The normalized spacial score (nSPS) is 11.1. The highest BCUT2D eigenvalue weighted by Crippen LogP contribution is 2.31. The van der Waals surface area contributed by atoms with Crippen molar-refractivity contribution in [2.75, 3.05) is 0 Å². The third-order valence-corrected chi connectivity index (χ3v) is 4.52. The van der Waals surface area contributed by atoms with Crippen molar-refractivity contribution in [2.45, 2.75) is 6.92 Å². The largest absolute Gasteiger partial charge is 0.293 e. The van der Waals surface area contributed by atoms with Gasteiger partial charge in [0.2, 0.25) is 0 Å². The van der Waals surface area contributed by atoms with Gasteiger partial charge in [0.1, 0.15) is 0 Å². The van der Waals surface area contributed by atoms with Crippen LogP contribution in [0.1, 0.15) is 5.69 Å². The van der Waals surface area contributed by atoms with Crippen molar-refractivity contribution in [3.05, 3.63) is 70.0 Å². The van der Waals surface area contributed by atoms with Crippen molar-refractivity contribution in [3.63, 3.8) is 0 Å². The summed E-state index contributed by atoms with van der Waals surface area (Å²) in [7, 11) is 0. The molecule has 0 aliphatic rings. The van der Waals surface area contributed by atoms with Crippen LogP contribution in [-0.4, -0.2) is 14.6 Å². The molecule has 0 aliphatic heterocycles. The van der Waals surface area contributed by atoms with Gasteiger partial charge in [0.05, 0.1) is 11.3 Å². The minimum absolute atomic E-state index is 0.102. The minimum atomic E-state index is -0.102. The summed E-state index contributed by atoms with van der Waals surface area (Å²) in [6.07, 6.45) is 0. The molecule has 0 saturated heterocycles. The predicted molar refractivity (Wildman–Crippen MR) is 89.3 cm³/mol. The fraction of sp³-hybridized carbons (Fsp3) is 0.0588. The van der Waals surface area contributed by atoms with Crippen LogP contribution in [0.2, 0.25) is 0 Å². The maximum Gasteiger partial charge on any atom is 0.273 e. The van der Waals surface area contributed by atoms with Gasteiger partial charge >= 0.3 is 0 Å². The predicted octanol–water partition coefficient (Wildman–Crippen LogP) is 3.73. The second kappa shape index (κ2) is 4.96. The van der Waals surface area contributed by atoms with Gasteiger partial charge in [-0.15, -0.1) is 11.3 Å². The fourth-order valence-electron chi connectivity index (χ4n) is 2.62. The second-order valence-electron chi connectivity index (χ2n) is 5.09. The molecule has 1 aromatic carbocycles. The number of nitrogens with one attached hydrogen (secondary N) is 1. The fourth-order valence-corrected chi connectivity index (χ4v) is 3.45. The van der Waals surface area contributed by atoms with E-state index in [1.165, 1.54) is 4.52 Å². The van der Waals surface area contributed by atoms with Crippen LogP contribution in [0.25, 0.3) is 27.3 Å². The van der Waals surface area contributed by atoms with E-state index in [9.17, 15) is 4.79 Å². The Morgan fingerprint density at radius 3 is 2.68 bits per heavy atom. The lowest BCUT2D eigenvalue weighted by atomic mass is 10.1. The molecule has 4 aromatic rings. The quantitative estimate of drug-likeness (QED) is 0.613. The summed E-state index contributed by atoms with van der Waals surface area (Å²) in [6.45, 7) is 1.96. The third kappa shape index (κ3) is 1.98. The lowest BCUT2D eigenvalue weighted by molar-refractivity contribution is 0.882. The SMILES string of the molecule is Cc1[nH]n2c(=O)cc(-c3ccccc3)nc2c1-c1cccs1. The zero-order valence-electron chi connectivity index (χ0n) is 11.9. The zero-order valence-corrected chi connectivity index (χ0v) is 12.7. The van der Waals surface area contributed by atoms with E-state index < -0.39 is 0 Å². The first-order valence-corrected chi connectivity index (χ1v) is 7.84. The van der Waals surface area contributed by atoms with Crippen LogP contribution in [0, 0.1) is 6.92 Å². The lowest BCUT2D eigenvalue weighted by Gasteiger charge is -2.02. The number of hydrogen-bond acceptors (Lipinski definition) is 3. The van der Waals surface area contributed by atoms with Crippen molar-refractivity contribution in [3.8, 4) is 21.7 Å². The maximum atomic E-state index is 12.4. The molecule has 0 fully saturated rings. The average Bonchev–Trinajstić information content (AvgIpc) is 3.15. The van der Waals surface area contributed by atoms with Crippen LogP contribution in [0.3, 0.4) is 0 Å². The van der Waals surface area contributed by atoms with E-state index in [4.69, 9.17) is 4.98 Å². The Morgan fingerprint density at radius 1 is 1.14 bits per heavy atom. The van der Waals surface area contributed by atoms with E-state index in [-0.39, 0.29) is 5.56 Å². The number of nitrogens with zero attached hydrogens (tertiary/aromatic N) is 2. The van der Waals surface area contributed by atoms with E-state index in [0.717, 1.165) is 21.7 Å². The first kappa shape index (κ1) is 13.0. The van der Waals surface area contributed by atoms with Gasteiger partial charge in [-0.05, 0) is 18.4 Å². The van der Waals surface area contributed by atoms with Gasteiger partial charge in [-0.3, -0.25) is 9.89 Å². The highest BCUT2D eigenvalue weighted by molar-refractivity contribution is 7.13. The Kier molecular flexibility index (Phi) is 2.94. The van der Waals surface area contributed by atoms with Gasteiger partial charge in [0.15, 0.2) is 5.65 Å². The van der Waals surface area contributed by atoms with Crippen LogP contribution in [-0.2, 0) is 0 Å². The average molecular weight is 307 g/mol. The highest BCUT2D eigenvalue weighted by Gasteiger charge is 2.15. The molecular formula is C17H13N3OS. The van der Waals surface area contributed by atoms with Crippen LogP contribution in [0.5, 0.6) is 0 Å². The smallest absolute Gasteiger partial charge is 0.273 e. The van der Waals surface area contributed by atoms with E-state index in [0.29, 0.717) is 11.3 Å². The topological polar surface area (TPSA) is 50.2 Å². The number of benzene rings is 1. The van der Waals surface area contributed by atoms with Crippen molar-refractivity contribution >= 4 is 17.0 Å². The van der Waals surface area contributed by atoms with Gasteiger partial charge in [-0.1, -0.05) is 36.4 Å². The first-order valence-electron chi connectivity index (χ1n) is 6.96. The summed E-state index contributed by atoms with van der Waals surface area (Å²) in [4.78, 5) is 18.2. The molecule has 22 heavy (non-hydrogen) atoms. The summed E-state index contributed by atoms with van der Waals surface area (Å²) in [5, 5.41) is 5.14. The van der Waals surface area contributed by atoms with Gasteiger partial charge in [-0.25, -0.2) is 9.50 Å². The molecule has 4 rings (SSSR count). The van der Waals surface area contributed by atoms with Gasteiger partial charge in [0.25, 0.3) is 5.56 Å². The molecule has 0 bridgehead atoms. The van der Waals surface area contributed by atoms with E-state index in [1.807, 2.05) is 54.8 Å². The Balaban J connectivity index is 2.05. The zero-order chi connectivity index (χ0) is 15.1. The van der Waals surface area contributed by atoms with Gasteiger partial charge < -0.3 is 0 Å². The standard InChI is InChI=1S/C17H13N3OS/c1-11-16(14-8-5-9-22-14)17-18-13(10-15(21)20(17)19-11)12-6-3-2-4-7-12/h2-10,19H,1H3. The monoisotopic (exact) mass is 307 g/mol. The lowest BCUT2D eigenvalue weighted by Crippen LogP contribution is -2.14. The third-order valence-electron chi connectivity index (χ3n) is 3.63. The van der Waals surface area contributed by atoms with E-state index in [2.05, 4.69) is 5.10 Å². The molecule has 0 amide bonds. The molecule has 108 valence electrons. The number of rotatable bonds is 2. The summed E-state index contributed by atoms with van der Waals surface area (Å²) >= 11 is 1.64. The summed E-state index contributed by atoms with van der Waals surface area (Å²) in [6, 6.07) is 15.4. The molecule has 0 radical (unpaired) electrons. The van der Waals surface area contributed by atoms with Crippen molar-refractivity contribution < 1.29 is 0 Å². The second-order valence-corrected chi connectivity index (χ2v) is 6.04. The molecule has 3 heterocycles. The first-order chi connectivity index (χ1) is 10.7. The Morgan fingerprint density at radius 2 is 1.95 bits per heavy atom. The number of H-pyrrole nitrogens is 1. The molecule has 0 unspecified atom stereocenters. The summed E-state index contributed by atoms with van der Waals surface area (Å²) in [5.41, 5.74) is 4.14. The van der Waals surface area contributed by atoms with Crippen LogP contribution < -0.4 is 5.56 Å². The number of aryl methyl sites for hydroxylation is 1. The molecular weight excluding hydrogens is 294 g/mol. The molecule has 1 N–H and O–H groups in total. The van der Waals surface area contributed by atoms with Crippen molar-refractivity contribution in [2.24, 2.45) is 0 Å². The number of hydrogen-bond donors (Lipinski definition) is 1. The van der Waals surface area contributed by atoms with Crippen molar-refractivity contribution in [1.82, 2.24) is 14.6 Å². The minimum Gasteiger partial charge on any atom is -0.293 e. The Labute approximate surface area is 130 Å². The number of thiophene rings is 1. The maximum absolute atomic E-state index is 12.4. The molecule has 3 aromatic heterocycles. The Bertz CT molecular complexity index is 998. The molecule has 5 heteroatoms. The number of aromatic nitrogens is 3. The van der Waals surface area contributed by atoms with Crippen molar-refractivity contribution in [1.29, 1.82) is 0 Å².